The lowest BCUT2D eigenvalue weighted by Crippen LogP contribution is -2.18. The van der Waals surface area contributed by atoms with Crippen LogP contribution in [0.5, 0.6) is 0 Å². The van der Waals surface area contributed by atoms with Crippen molar-refractivity contribution in [3.05, 3.63) is 0 Å². The van der Waals surface area contributed by atoms with E-state index in [2.05, 4.69) is 0 Å². The summed E-state index contributed by atoms with van der Waals surface area (Å²) >= 11 is 0. The molecule has 0 spiro atoms. The summed E-state index contributed by atoms with van der Waals surface area (Å²) in [6.45, 7) is 0.258. The average Bonchev–Trinajstić information content (AvgIpc) is 1.98. The van der Waals surface area contributed by atoms with Crippen molar-refractivity contribution in [2.24, 2.45) is 0 Å². The Morgan fingerprint density at radius 3 is 2.40 bits per heavy atom. The molecular weight excluding hydrogens is 136 g/mol. The highest BCUT2D eigenvalue weighted by Crippen LogP contribution is 1.96. The molecule has 0 aromatic rings. The number of hydrogen-bond donors (Lipinski definition) is 2. The molecule has 0 rings (SSSR count). The van der Waals surface area contributed by atoms with E-state index in [0.29, 0.717) is 6.42 Å². The van der Waals surface area contributed by atoms with Crippen LogP contribution in [-0.4, -0.2) is 43.4 Å². The van der Waals surface area contributed by atoms with E-state index in [0.717, 1.165) is 0 Å². The number of methoxy groups -OCH3 is 1. The third-order valence-corrected chi connectivity index (χ3v) is 1.02. The molecule has 0 aliphatic heterocycles. The number of aliphatic hydroxyl groups excluding tert-OH is 2. The average molecular weight is 150 g/mol. The topological polar surface area (TPSA) is 58.9 Å². The first-order valence-corrected chi connectivity index (χ1v) is 3.21. The molecule has 0 aliphatic carbocycles. The van der Waals surface area contributed by atoms with Crippen molar-refractivity contribution >= 4 is 0 Å². The van der Waals surface area contributed by atoms with Crippen molar-refractivity contribution in [3.8, 4) is 0 Å². The molecule has 0 amide bonds. The third kappa shape index (κ3) is 4.69. The van der Waals surface area contributed by atoms with Crippen molar-refractivity contribution < 1.29 is 19.7 Å². The summed E-state index contributed by atoms with van der Waals surface area (Å²) < 4.78 is 9.75. The van der Waals surface area contributed by atoms with Gasteiger partial charge in [0.1, 0.15) is 0 Å². The Hall–Kier alpha value is -0.160. The van der Waals surface area contributed by atoms with Crippen molar-refractivity contribution in [1.82, 2.24) is 0 Å². The number of rotatable bonds is 6. The molecule has 0 fully saturated rings. The second kappa shape index (κ2) is 6.95. The predicted octanol–water partition coefficient (Wildman–Crippen LogP) is -0.650. The number of ether oxygens (including phenoxy) is 2. The fourth-order valence-electron chi connectivity index (χ4n) is 0.559. The van der Waals surface area contributed by atoms with Gasteiger partial charge in [0.15, 0.2) is 6.29 Å². The highest BCUT2D eigenvalue weighted by Gasteiger charge is 2.04. The second-order valence-corrected chi connectivity index (χ2v) is 1.77. The first-order chi connectivity index (χ1) is 4.85. The van der Waals surface area contributed by atoms with Gasteiger partial charge in [-0.2, -0.15) is 0 Å². The van der Waals surface area contributed by atoms with Gasteiger partial charge in [0.05, 0.1) is 13.2 Å². The minimum atomic E-state index is -0.392. The zero-order valence-corrected chi connectivity index (χ0v) is 6.12. The Balaban J connectivity index is 3.21. The molecule has 0 bridgehead atoms. The smallest absolute Gasteiger partial charge is 0.159 e. The van der Waals surface area contributed by atoms with Gasteiger partial charge in [0, 0.05) is 20.1 Å². The molecule has 62 valence electrons. The van der Waals surface area contributed by atoms with Crippen LogP contribution in [0.1, 0.15) is 6.42 Å². The van der Waals surface area contributed by atoms with Crippen molar-refractivity contribution in [1.29, 1.82) is 0 Å². The van der Waals surface area contributed by atoms with E-state index in [1.54, 1.807) is 0 Å². The van der Waals surface area contributed by atoms with E-state index < -0.39 is 6.29 Å². The zero-order valence-electron chi connectivity index (χ0n) is 6.12. The lowest BCUT2D eigenvalue weighted by Gasteiger charge is -2.13. The van der Waals surface area contributed by atoms with Crippen LogP contribution in [-0.2, 0) is 9.47 Å². The Morgan fingerprint density at radius 1 is 1.30 bits per heavy atom. The van der Waals surface area contributed by atoms with Crippen molar-refractivity contribution in [2.75, 3.05) is 26.9 Å². The summed E-state index contributed by atoms with van der Waals surface area (Å²) in [6, 6.07) is 0. The fourth-order valence-corrected chi connectivity index (χ4v) is 0.559. The van der Waals surface area contributed by atoms with Gasteiger partial charge in [0.25, 0.3) is 0 Å². The summed E-state index contributed by atoms with van der Waals surface area (Å²) in [6.07, 6.45) is 0.0494. The Kier molecular flexibility index (Phi) is 6.84. The standard InChI is InChI=1S/C6H14O4/c1-9-6(2-3-7)10-5-4-8/h6-8H,2-5H2,1H3. The molecule has 0 radical (unpaired) electrons. The predicted molar refractivity (Wildman–Crippen MR) is 35.5 cm³/mol. The molecule has 0 aromatic carbocycles. The van der Waals surface area contributed by atoms with Gasteiger partial charge in [-0.3, -0.25) is 0 Å². The first kappa shape index (κ1) is 9.84. The molecule has 1 unspecified atom stereocenters. The second-order valence-electron chi connectivity index (χ2n) is 1.77. The van der Waals surface area contributed by atoms with Gasteiger partial charge >= 0.3 is 0 Å². The molecule has 4 heteroatoms. The summed E-state index contributed by atoms with van der Waals surface area (Å²) in [5.74, 6) is 0. The molecule has 0 saturated heterocycles. The molecule has 0 aromatic heterocycles. The lowest BCUT2D eigenvalue weighted by atomic mass is 10.4. The largest absolute Gasteiger partial charge is 0.396 e. The summed E-state index contributed by atoms with van der Waals surface area (Å²) in [7, 11) is 1.50. The van der Waals surface area contributed by atoms with E-state index in [-0.39, 0.29) is 19.8 Å². The highest BCUT2D eigenvalue weighted by atomic mass is 16.7. The number of aliphatic hydroxyl groups is 2. The maximum Gasteiger partial charge on any atom is 0.159 e. The van der Waals surface area contributed by atoms with Crippen LogP contribution in [0.25, 0.3) is 0 Å². The Labute approximate surface area is 60.4 Å². The van der Waals surface area contributed by atoms with Crippen LogP contribution in [0.15, 0.2) is 0 Å². The van der Waals surface area contributed by atoms with Gasteiger partial charge in [-0.15, -0.1) is 0 Å². The molecule has 2 N–H and O–H groups in total. The molecule has 0 heterocycles. The quantitative estimate of drug-likeness (QED) is 0.494. The first-order valence-electron chi connectivity index (χ1n) is 3.21. The van der Waals surface area contributed by atoms with Crippen LogP contribution in [0, 0.1) is 0 Å². The SMILES string of the molecule is COC(CCO)OCCO. The summed E-state index contributed by atoms with van der Waals surface area (Å²) in [5, 5.41) is 16.8. The maximum atomic E-state index is 8.44. The van der Waals surface area contributed by atoms with Crippen molar-refractivity contribution in [2.45, 2.75) is 12.7 Å². The van der Waals surface area contributed by atoms with Crippen LogP contribution in [0.3, 0.4) is 0 Å². The van der Waals surface area contributed by atoms with Crippen LogP contribution in [0.2, 0.25) is 0 Å². The normalized spacial score (nSPS) is 13.5. The molecule has 1 atom stereocenters. The molecular formula is C6H14O4. The van der Waals surface area contributed by atoms with Crippen LogP contribution in [0.4, 0.5) is 0 Å². The van der Waals surface area contributed by atoms with E-state index in [1.165, 1.54) is 7.11 Å². The van der Waals surface area contributed by atoms with Gasteiger partial charge in [-0.05, 0) is 0 Å². The molecule has 0 aliphatic rings. The van der Waals surface area contributed by atoms with E-state index >= 15 is 0 Å². The van der Waals surface area contributed by atoms with E-state index in [4.69, 9.17) is 19.7 Å². The maximum absolute atomic E-state index is 8.44. The minimum Gasteiger partial charge on any atom is -0.396 e. The Morgan fingerprint density at radius 2 is 2.00 bits per heavy atom. The van der Waals surface area contributed by atoms with Crippen LogP contribution < -0.4 is 0 Å². The van der Waals surface area contributed by atoms with Gasteiger partial charge in [-0.25, -0.2) is 0 Å². The summed E-state index contributed by atoms with van der Waals surface area (Å²) in [5.41, 5.74) is 0. The fraction of sp³-hybridized carbons (Fsp3) is 1.00. The zero-order chi connectivity index (χ0) is 7.82. The third-order valence-electron chi connectivity index (χ3n) is 1.02. The lowest BCUT2D eigenvalue weighted by molar-refractivity contribution is -0.137. The Bertz CT molecular complexity index is 66.8. The summed E-state index contributed by atoms with van der Waals surface area (Å²) in [4.78, 5) is 0. The van der Waals surface area contributed by atoms with E-state index in [9.17, 15) is 0 Å². The van der Waals surface area contributed by atoms with Crippen LogP contribution >= 0.6 is 0 Å². The van der Waals surface area contributed by atoms with E-state index in [1.807, 2.05) is 0 Å². The highest BCUT2D eigenvalue weighted by molar-refractivity contribution is 4.41. The van der Waals surface area contributed by atoms with Gasteiger partial charge < -0.3 is 19.7 Å². The van der Waals surface area contributed by atoms with Crippen molar-refractivity contribution in [3.63, 3.8) is 0 Å². The molecule has 10 heavy (non-hydrogen) atoms. The molecule has 4 nitrogen and oxygen atoms in total. The minimum absolute atomic E-state index is 0.0225. The van der Waals surface area contributed by atoms with Gasteiger partial charge in [0.2, 0.25) is 0 Å². The molecule has 0 saturated carbocycles. The number of hydrogen-bond acceptors (Lipinski definition) is 4. The van der Waals surface area contributed by atoms with Gasteiger partial charge in [-0.1, -0.05) is 0 Å². The monoisotopic (exact) mass is 150 g/mol.